The Balaban J connectivity index is 2.01. The largest absolute Gasteiger partial charge is 0.507 e. The maximum Gasteiger partial charge on any atom is 0.339 e. The highest BCUT2D eigenvalue weighted by molar-refractivity contribution is 7.92. The number of sulfonamides is 1. The summed E-state index contributed by atoms with van der Waals surface area (Å²) in [6, 6.07) is 20.2. The van der Waals surface area contributed by atoms with Crippen LogP contribution < -0.4 is 4.47 Å². The molecule has 8 heteroatoms. The van der Waals surface area contributed by atoms with Crippen LogP contribution in [0, 0.1) is 0 Å². The van der Waals surface area contributed by atoms with Gasteiger partial charge < -0.3 is 10.2 Å². The summed E-state index contributed by atoms with van der Waals surface area (Å²) in [6.07, 6.45) is 0. The number of anilines is 1. The smallest absolute Gasteiger partial charge is 0.339 e. The van der Waals surface area contributed by atoms with Crippen LogP contribution in [0.5, 0.6) is 5.75 Å². The zero-order valence-electron chi connectivity index (χ0n) is 14.6. The molecule has 0 atom stereocenters. The molecule has 0 aliphatic rings. The summed E-state index contributed by atoms with van der Waals surface area (Å²) in [5.41, 5.74) is 0.496. The molecule has 0 aliphatic carbocycles. The number of carboxylic acids is 1. The number of aromatic carboxylic acids is 1. The zero-order chi connectivity index (χ0) is 20.1. The van der Waals surface area contributed by atoms with Crippen LogP contribution in [0.3, 0.4) is 0 Å². The van der Waals surface area contributed by atoms with E-state index in [4.69, 9.17) is 9.94 Å². The van der Waals surface area contributed by atoms with Crippen LogP contribution in [-0.4, -0.2) is 24.6 Å². The van der Waals surface area contributed by atoms with Crippen molar-refractivity contribution in [3.05, 3.63) is 90.0 Å². The Hall–Kier alpha value is -3.36. The van der Waals surface area contributed by atoms with Crippen LogP contribution in [0.15, 0.2) is 83.8 Å². The molecule has 0 heterocycles. The van der Waals surface area contributed by atoms with Gasteiger partial charge in [-0.3, -0.25) is 4.84 Å². The maximum atomic E-state index is 13.2. The van der Waals surface area contributed by atoms with E-state index in [2.05, 4.69) is 0 Å². The minimum Gasteiger partial charge on any atom is -0.507 e. The maximum absolute atomic E-state index is 13.2. The van der Waals surface area contributed by atoms with Crippen LogP contribution in [0.4, 0.5) is 5.69 Å². The van der Waals surface area contributed by atoms with Gasteiger partial charge in [0.1, 0.15) is 17.9 Å². The van der Waals surface area contributed by atoms with Gasteiger partial charge in [0.15, 0.2) is 0 Å². The summed E-state index contributed by atoms with van der Waals surface area (Å²) in [5, 5.41) is 18.8. The van der Waals surface area contributed by atoms with Crippen molar-refractivity contribution in [2.75, 3.05) is 4.47 Å². The lowest BCUT2D eigenvalue weighted by atomic mass is 10.2. The van der Waals surface area contributed by atoms with Gasteiger partial charge in [-0.05, 0) is 35.9 Å². The van der Waals surface area contributed by atoms with Gasteiger partial charge in [0, 0.05) is 0 Å². The average Bonchev–Trinajstić information content (AvgIpc) is 2.69. The van der Waals surface area contributed by atoms with Crippen molar-refractivity contribution < 1.29 is 28.3 Å². The Morgan fingerprint density at radius 1 is 0.929 bits per heavy atom. The Kier molecular flexibility index (Phi) is 5.62. The molecule has 0 saturated carbocycles. The van der Waals surface area contributed by atoms with E-state index in [0.717, 1.165) is 28.2 Å². The normalized spacial score (nSPS) is 11.1. The lowest BCUT2D eigenvalue weighted by Crippen LogP contribution is -2.31. The Labute approximate surface area is 162 Å². The third-order valence-electron chi connectivity index (χ3n) is 3.87. The minimum atomic E-state index is -4.26. The molecule has 3 aromatic rings. The lowest BCUT2D eigenvalue weighted by molar-refractivity contribution is 0.0693. The first kappa shape index (κ1) is 19.4. The molecular weight excluding hydrogens is 382 g/mol. The van der Waals surface area contributed by atoms with Crippen molar-refractivity contribution in [2.24, 2.45) is 0 Å². The van der Waals surface area contributed by atoms with Gasteiger partial charge in [-0.25, -0.2) is 4.79 Å². The van der Waals surface area contributed by atoms with Gasteiger partial charge in [-0.15, -0.1) is 4.47 Å². The number of para-hydroxylation sites is 1. The predicted octanol–water partition coefficient (Wildman–Crippen LogP) is 3.42. The molecule has 0 radical (unpaired) electrons. The molecule has 3 aromatic carbocycles. The highest BCUT2D eigenvalue weighted by Crippen LogP contribution is 2.28. The number of rotatable bonds is 7. The first-order chi connectivity index (χ1) is 13.4. The molecule has 144 valence electrons. The molecule has 3 rings (SSSR count). The molecule has 0 bridgehead atoms. The molecule has 28 heavy (non-hydrogen) atoms. The van der Waals surface area contributed by atoms with Crippen molar-refractivity contribution >= 4 is 21.7 Å². The van der Waals surface area contributed by atoms with Crippen LogP contribution in [0.1, 0.15) is 15.9 Å². The van der Waals surface area contributed by atoms with E-state index in [1.54, 1.807) is 54.6 Å². The Bertz CT molecular complexity index is 1070. The fraction of sp³-hybridized carbons (Fsp3) is 0.0500. The van der Waals surface area contributed by atoms with Crippen molar-refractivity contribution in [1.82, 2.24) is 0 Å². The molecule has 0 saturated heterocycles. The quantitative estimate of drug-likeness (QED) is 0.590. The van der Waals surface area contributed by atoms with Gasteiger partial charge in [0.2, 0.25) is 0 Å². The van der Waals surface area contributed by atoms with Crippen LogP contribution >= 0.6 is 0 Å². The second kappa shape index (κ2) is 8.12. The predicted molar refractivity (Wildman–Crippen MR) is 102 cm³/mol. The second-order valence-electron chi connectivity index (χ2n) is 5.81. The first-order valence-corrected chi connectivity index (χ1v) is 9.67. The number of hydrogen-bond donors (Lipinski definition) is 2. The van der Waals surface area contributed by atoms with Crippen molar-refractivity contribution in [3.8, 4) is 5.75 Å². The zero-order valence-corrected chi connectivity index (χ0v) is 15.4. The molecule has 0 fully saturated rings. The third-order valence-corrected chi connectivity index (χ3v) is 5.48. The van der Waals surface area contributed by atoms with E-state index in [-0.39, 0.29) is 17.2 Å². The summed E-state index contributed by atoms with van der Waals surface area (Å²) >= 11 is 0. The highest BCUT2D eigenvalue weighted by atomic mass is 32.2. The molecule has 7 nitrogen and oxygen atoms in total. The second-order valence-corrected chi connectivity index (χ2v) is 7.56. The van der Waals surface area contributed by atoms with Crippen LogP contribution in [0.25, 0.3) is 0 Å². The van der Waals surface area contributed by atoms with E-state index < -0.39 is 27.3 Å². The number of phenols is 1. The third kappa shape index (κ3) is 4.13. The molecular formula is C20H17NO6S. The summed E-state index contributed by atoms with van der Waals surface area (Å²) in [6.45, 7) is -0.0150. The molecule has 0 amide bonds. The number of aromatic hydroxyl groups is 1. The number of hydrogen-bond acceptors (Lipinski definition) is 5. The van der Waals surface area contributed by atoms with Gasteiger partial charge in [-0.1, -0.05) is 48.5 Å². The fourth-order valence-corrected chi connectivity index (χ4v) is 3.77. The van der Waals surface area contributed by atoms with Crippen LogP contribution in [0.2, 0.25) is 0 Å². The van der Waals surface area contributed by atoms with Gasteiger partial charge >= 0.3 is 5.97 Å². The summed E-state index contributed by atoms with van der Waals surface area (Å²) in [4.78, 5) is 16.5. The van der Waals surface area contributed by atoms with E-state index in [9.17, 15) is 18.3 Å². The van der Waals surface area contributed by atoms with Crippen molar-refractivity contribution in [2.45, 2.75) is 11.5 Å². The topological polar surface area (TPSA) is 104 Å². The monoisotopic (exact) mass is 399 g/mol. The number of benzene rings is 3. The molecule has 0 spiro atoms. The van der Waals surface area contributed by atoms with Crippen LogP contribution in [-0.2, 0) is 21.5 Å². The average molecular weight is 399 g/mol. The van der Waals surface area contributed by atoms with E-state index in [1.807, 2.05) is 6.07 Å². The Morgan fingerprint density at radius 3 is 2.14 bits per heavy atom. The number of carbonyl (C=O) groups is 1. The summed E-state index contributed by atoms with van der Waals surface area (Å²) in [5.74, 6) is -1.96. The van der Waals surface area contributed by atoms with E-state index in [0.29, 0.717) is 0 Å². The molecule has 2 N–H and O–H groups in total. The summed E-state index contributed by atoms with van der Waals surface area (Å²) < 4.78 is 27.1. The van der Waals surface area contributed by atoms with Crippen molar-refractivity contribution in [3.63, 3.8) is 0 Å². The van der Waals surface area contributed by atoms with Crippen molar-refractivity contribution in [1.29, 1.82) is 0 Å². The van der Waals surface area contributed by atoms with Gasteiger partial charge in [0.05, 0.1) is 10.6 Å². The first-order valence-electron chi connectivity index (χ1n) is 8.23. The standard InChI is InChI=1S/C20H17NO6S/c22-19-12-11-17(13-18(19)20(23)24)28(25,26)21(16-9-5-2-6-10-16)27-14-15-7-3-1-4-8-15/h1-13,22H,14H2,(H,23,24). The SMILES string of the molecule is O=C(O)c1cc(S(=O)(=O)N(OCc2ccccc2)c2ccccc2)ccc1O. The lowest BCUT2D eigenvalue weighted by Gasteiger charge is -2.23. The highest BCUT2D eigenvalue weighted by Gasteiger charge is 2.28. The van der Waals surface area contributed by atoms with Gasteiger partial charge in [0.25, 0.3) is 10.0 Å². The number of carboxylic acid groups (broad SMARTS) is 1. The fourth-order valence-electron chi connectivity index (χ4n) is 2.48. The molecule has 0 unspecified atom stereocenters. The molecule has 0 aromatic heterocycles. The molecule has 0 aliphatic heterocycles. The van der Waals surface area contributed by atoms with E-state index in [1.165, 1.54) is 0 Å². The summed E-state index contributed by atoms with van der Waals surface area (Å²) in [7, 11) is -4.26. The minimum absolute atomic E-state index is 0.0150. The number of nitrogens with zero attached hydrogens (tertiary/aromatic N) is 1. The van der Waals surface area contributed by atoms with Gasteiger partial charge in [-0.2, -0.15) is 8.42 Å². The Morgan fingerprint density at radius 2 is 1.54 bits per heavy atom. The van der Waals surface area contributed by atoms with E-state index >= 15 is 0 Å².